The maximum atomic E-state index is 12.7. The second kappa shape index (κ2) is 17.5. The molecule has 0 saturated heterocycles. The third-order valence-corrected chi connectivity index (χ3v) is 7.91. The van der Waals surface area contributed by atoms with Gasteiger partial charge in [0.1, 0.15) is 5.78 Å². The molecule has 0 unspecified atom stereocenters. The topological polar surface area (TPSA) is 67.8 Å². The Morgan fingerprint density at radius 1 is 0.659 bits per heavy atom. The molecule has 1 N–H and O–H groups in total. The summed E-state index contributed by atoms with van der Waals surface area (Å²) in [4.78, 5) is 16.8. The molecule has 2 heterocycles. The summed E-state index contributed by atoms with van der Waals surface area (Å²) in [6, 6.07) is 19.7. The Morgan fingerprint density at radius 2 is 1.24 bits per heavy atom. The number of carbonyl (C=O) groups is 1. The molecule has 2 aromatic heterocycles. The Labute approximate surface area is 250 Å². The highest BCUT2D eigenvalue weighted by molar-refractivity contribution is 6.30. The summed E-state index contributed by atoms with van der Waals surface area (Å²) in [5.41, 5.74) is 3.05. The highest BCUT2D eigenvalue weighted by Crippen LogP contribution is 2.27. The molecule has 0 aliphatic rings. The number of hydrogen-bond acceptors (Lipinski definition) is 5. The van der Waals surface area contributed by atoms with E-state index < -0.39 is 0 Å². The molecule has 6 heteroatoms. The fourth-order valence-corrected chi connectivity index (χ4v) is 5.42. The summed E-state index contributed by atoms with van der Waals surface area (Å²) in [7, 11) is 0. The Kier molecular flexibility index (Phi) is 13.1. The molecule has 4 aromatic rings. The molecule has 5 nitrogen and oxygen atoms in total. The first-order valence-corrected chi connectivity index (χ1v) is 15.7. The molecule has 0 spiro atoms. The maximum Gasteiger partial charge on any atom is 0.160 e. The lowest BCUT2D eigenvalue weighted by atomic mass is 10.0. The van der Waals surface area contributed by atoms with Gasteiger partial charge in [0.25, 0.3) is 0 Å². The second-order valence-corrected chi connectivity index (χ2v) is 11.4. The standard InChI is InChI=1S/C35H43ClN4O/c36-29-19-21-30(22-20-29)38-35-33-18-14-13-17-32(33)34(39-40-35)27-31(41)16-12-10-8-6-4-2-1-3-5-7-9-11-15-28-23-25-37-26-24-28/h13-14,17-26H,1-12,15-16,27H2,(H,38,40). The molecule has 0 atom stereocenters. The van der Waals surface area contributed by atoms with Gasteiger partial charge in [0.15, 0.2) is 5.82 Å². The van der Waals surface area contributed by atoms with E-state index in [0.29, 0.717) is 23.7 Å². The van der Waals surface area contributed by atoms with Gasteiger partial charge in [0.2, 0.25) is 0 Å². The van der Waals surface area contributed by atoms with Gasteiger partial charge in [-0.2, -0.15) is 5.10 Å². The molecule has 0 radical (unpaired) electrons. The van der Waals surface area contributed by atoms with Crippen molar-refractivity contribution in [3.8, 4) is 0 Å². The van der Waals surface area contributed by atoms with Crippen LogP contribution in [0.4, 0.5) is 11.5 Å². The number of hydrogen-bond donors (Lipinski definition) is 1. The molecule has 0 aliphatic heterocycles. The summed E-state index contributed by atoms with van der Waals surface area (Å²) in [6.07, 6.45) is 21.2. The van der Waals surface area contributed by atoms with Crippen molar-refractivity contribution in [2.24, 2.45) is 0 Å². The molecule has 216 valence electrons. The summed E-state index contributed by atoms with van der Waals surface area (Å²) >= 11 is 6.00. The normalized spacial score (nSPS) is 11.1. The fraction of sp³-hybridized carbons (Fsp3) is 0.429. The number of anilines is 2. The lowest BCUT2D eigenvalue weighted by Gasteiger charge is -2.11. The molecule has 0 aliphatic carbocycles. The van der Waals surface area contributed by atoms with Crippen molar-refractivity contribution >= 4 is 39.7 Å². The van der Waals surface area contributed by atoms with E-state index in [-0.39, 0.29) is 5.78 Å². The maximum absolute atomic E-state index is 12.7. The van der Waals surface area contributed by atoms with Crippen molar-refractivity contribution < 1.29 is 4.79 Å². The van der Waals surface area contributed by atoms with E-state index in [4.69, 9.17) is 11.6 Å². The molecule has 0 saturated carbocycles. The van der Waals surface area contributed by atoms with Gasteiger partial charge in [-0.05, 0) is 61.2 Å². The van der Waals surface area contributed by atoms with Crippen molar-refractivity contribution in [2.45, 2.75) is 96.3 Å². The second-order valence-electron chi connectivity index (χ2n) is 11.0. The number of unbranched alkanes of at least 4 members (excludes halogenated alkanes) is 11. The van der Waals surface area contributed by atoms with Gasteiger partial charge in [-0.15, -0.1) is 5.10 Å². The quantitative estimate of drug-likeness (QED) is 0.114. The molecule has 41 heavy (non-hydrogen) atoms. The largest absolute Gasteiger partial charge is 0.338 e. The summed E-state index contributed by atoms with van der Waals surface area (Å²) < 4.78 is 0. The summed E-state index contributed by atoms with van der Waals surface area (Å²) in [6.45, 7) is 0. The number of nitrogens with zero attached hydrogens (tertiary/aromatic N) is 3. The zero-order valence-electron chi connectivity index (χ0n) is 24.2. The van der Waals surface area contributed by atoms with E-state index in [1.54, 1.807) is 0 Å². The molecule has 0 amide bonds. The zero-order chi connectivity index (χ0) is 28.5. The number of ketones is 1. The fourth-order valence-electron chi connectivity index (χ4n) is 5.30. The van der Waals surface area contributed by atoms with Crippen LogP contribution < -0.4 is 5.32 Å². The van der Waals surface area contributed by atoms with E-state index in [1.807, 2.05) is 60.9 Å². The zero-order valence-corrected chi connectivity index (χ0v) is 24.9. The smallest absolute Gasteiger partial charge is 0.160 e. The van der Waals surface area contributed by atoms with Crippen LogP contribution in [0.15, 0.2) is 73.1 Å². The molecular weight excluding hydrogens is 528 g/mol. The van der Waals surface area contributed by atoms with Gasteiger partial charge < -0.3 is 5.32 Å². The van der Waals surface area contributed by atoms with Crippen molar-refractivity contribution in [1.29, 1.82) is 0 Å². The van der Waals surface area contributed by atoms with E-state index in [0.717, 1.165) is 35.0 Å². The average Bonchev–Trinajstić information content (AvgIpc) is 3.00. The van der Waals surface area contributed by atoms with Crippen LogP contribution in [0.1, 0.15) is 94.7 Å². The minimum Gasteiger partial charge on any atom is -0.338 e. The number of aryl methyl sites for hydroxylation is 1. The number of carbonyl (C=O) groups excluding carboxylic acids is 1. The average molecular weight is 571 g/mol. The van der Waals surface area contributed by atoms with Crippen LogP contribution >= 0.6 is 11.6 Å². The van der Waals surface area contributed by atoms with E-state index in [1.165, 1.54) is 76.2 Å². The Hall–Kier alpha value is -3.31. The highest BCUT2D eigenvalue weighted by atomic mass is 35.5. The molecule has 0 fully saturated rings. The predicted octanol–water partition coefficient (Wildman–Crippen LogP) is 9.85. The van der Waals surface area contributed by atoms with Crippen molar-refractivity contribution in [2.75, 3.05) is 5.32 Å². The van der Waals surface area contributed by atoms with Crippen LogP contribution in [-0.2, 0) is 17.6 Å². The van der Waals surface area contributed by atoms with Crippen LogP contribution in [-0.4, -0.2) is 21.0 Å². The third-order valence-electron chi connectivity index (χ3n) is 7.66. The summed E-state index contributed by atoms with van der Waals surface area (Å²) in [5.74, 6) is 0.916. The first-order valence-electron chi connectivity index (χ1n) is 15.4. The Bertz CT molecular complexity index is 1330. The van der Waals surface area contributed by atoms with Crippen molar-refractivity contribution in [3.05, 3.63) is 89.3 Å². The first-order chi connectivity index (χ1) is 20.2. The number of fused-ring (bicyclic) bond motifs is 1. The summed E-state index contributed by atoms with van der Waals surface area (Å²) in [5, 5.41) is 14.8. The number of pyridine rings is 1. The molecule has 2 aromatic carbocycles. The number of halogens is 1. The Morgan fingerprint density at radius 3 is 1.90 bits per heavy atom. The molecule has 0 bridgehead atoms. The SMILES string of the molecule is O=C(CCCCCCCCCCCCCCc1ccncc1)Cc1nnc(Nc2ccc(Cl)cc2)c2ccccc12. The predicted molar refractivity (Wildman–Crippen MR) is 171 cm³/mol. The van der Waals surface area contributed by atoms with Gasteiger partial charge in [-0.1, -0.05) is 100 Å². The minimum atomic E-state index is 0.239. The minimum absolute atomic E-state index is 0.239. The number of Topliss-reactive ketones (excluding diaryl/α,β-unsaturated/α-hetero) is 1. The first kappa shape index (κ1) is 30.6. The van der Waals surface area contributed by atoms with E-state index >= 15 is 0 Å². The van der Waals surface area contributed by atoms with Crippen LogP contribution in [0.2, 0.25) is 5.02 Å². The highest BCUT2D eigenvalue weighted by Gasteiger charge is 2.13. The lowest BCUT2D eigenvalue weighted by molar-refractivity contribution is -0.118. The number of nitrogens with one attached hydrogen (secondary N) is 1. The van der Waals surface area contributed by atoms with Gasteiger partial charge in [0, 0.05) is 40.3 Å². The van der Waals surface area contributed by atoms with Gasteiger partial charge >= 0.3 is 0 Å². The van der Waals surface area contributed by atoms with Gasteiger partial charge in [-0.3, -0.25) is 9.78 Å². The number of rotatable bonds is 19. The van der Waals surface area contributed by atoms with Crippen molar-refractivity contribution in [3.63, 3.8) is 0 Å². The third kappa shape index (κ3) is 10.9. The molecular formula is C35H43ClN4O. The number of benzene rings is 2. The van der Waals surface area contributed by atoms with Crippen LogP contribution in [0.25, 0.3) is 10.8 Å². The van der Waals surface area contributed by atoms with Crippen molar-refractivity contribution in [1.82, 2.24) is 15.2 Å². The van der Waals surface area contributed by atoms with E-state index in [2.05, 4.69) is 32.6 Å². The molecule has 4 rings (SSSR count). The monoisotopic (exact) mass is 570 g/mol. The van der Waals surface area contributed by atoms with Crippen LogP contribution in [0.5, 0.6) is 0 Å². The van der Waals surface area contributed by atoms with Crippen LogP contribution in [0.3, 0.4) is 0 Å². The van der Waals surface area contributed by atoms with E-state index in [9.17, 15) is 4.79 Å². The number of aromatic nitrogens is 3. The van der Waals surface area contributed by atoms with Gasteiger partial charge in [-0.25, -0.2) is 0 Å². The lowest BCUT2D eigenvalue weighted by Crippen LogP contribution is -2.07. The van der Waals surface area contributed by atoms with Gasteiger partial charge in [0.05, 0.1) is 12.1 Å². The van der Waals surface area contributed by atoms with Crippen LogP contribution in [0, 0.1) is 0 Å². The Balaban J connectivity index is 1.05.